The maximum Gasteiger partial charge on any atom is 0.229 e. The van der Waals surface area contributed by atoms with Gasteiger partial charge in [-0.25, -0.2) is 0 Å². The Hall–Kier alpha value is -3.37. The van der Waals surface area contributed by atoms with Gasteiger partial charge in [-0.15, -0.1) is 0 Å². The van der Waals surface area contributed by atoms with Gasteiger partial charge in [-0.2, -0.15) is 5.26 Å². The summed E-state index contributed by atoms with van der Waals surface area (Å²) in [6.07, 6.45) is 0.100. The van der Waals surface area contributed by atoms with Crippen molar-refractivity contribution in [2.24, 2.45) is 5.92 Å². The lowest BCUT2D eigenvalue weighted by Crippen LogP contribution is -2.28. The van der Waals surface area contributed by atoms with Crippen molar-refractivity contribution < 1.29 is 14.4 Å². The van der Waals surface area contributed by atoms with Gasteiger partial charge in [0.25, 0.3) is 0 Å². The fourth-order valence-corrected chi connectivity index (χ4v) is 3.21. The van der Waals surface area contributed by atoms with Crippen molar-refractivity contribution in [3.05, 3.63) is 53.1 Å². The molecule has 0 aromatic heterocycles. The van der Waals surface area contributed by atoms with Crippen LogP contribution in [-0.2, 0) is 14.4 Å². The smallest absolute Gasteiger partial charge is 0.229 e. The van der Waals surface area contributed by atoms with Crippen molar-refractivity contribution >= 4 is 46.4 Å². The van der Waals surface area contributed by atoms with Gasteiger partial charge in [-0.3, -0.25) is 14.4 Å². The van der Waals surface area contributed by atoms with E-state index in [1.807, 2.05) is 6.07 Å². The molecule has 1 atom stereocenters. The summed E-state index contributed by atoms with van der Waals surface area (Å²) in [7, 11) is 0. The molecule has 0 aliphatic carbocycles. The van der Waals surface area contributed by atoms with E-state index in [2.05, 4.69) is 10.6 Å². The molecule has 0 saturated carbocycles. The molecule has 1 aliphatic rings. The first-order valence-corrected chi connectivity index (χ1v) is 8.93. The lowest BCUT2D eigenvalue weighted by molar-refractivity contribution is -0.122. The molecular weight excluding hydrogens is 380 g/mol. The second-order valence-corrected chi connectivity index (χ2v) is 6.84. The second kappa shape index (κ2) is 8.11. The Kier molecular flexibility index (Phi) is 5.62. The largest absolute Gasteiger partial charge is 0.326 e. The molecule has 1 unspecified atom stereocenters. The lowest BCUT2D eigenvalue weighted by Gasteiger charge is -2.17. The summed E-state index contributed by atoms with van der Waals surface area (Å²) in [5, 5.41) is 14.6. The Labute approximate surface area is 166 Å². The number of carbonyl (C=O) groups is 3. The molecule has 2 aromatic rings. The van der Waals surface area contributed by atoms with Crippen LogP contribution in [0.25, 0.3) is 0 Å². The van der Waals surface area contributed by atoms with Gasteiger partial charge in [0, 0.05) is 37.0 Å². The Morgan fingerprint density at radius 2 is 1.82 bits per heavy atom. The average molecular weight is 397 g/mol. The Bertz CT molecular complexity index is 982. The molecular formula is C20H17ClN4O3. The van der Waals surface area contributed by atoms with Crippen LogP contribution in [0.2, 0.25) is 5.02 Å². The molecule has 0 radical (unpaired) electrons. The van der Waals surface area contributed by atoms with Crippen molar-refractivity contribution in [3.63, 3.8) is 0 Å². The maximum absolute atomic E-state index is 12.5. The fourth-order valence-electron chi connectivity index (χ4n) is 2.99. The number of nitriles is 1. The summed E-state index contributed by atoms with van der Waals surface area (Å²) < 4.78 is 0. The van der Waals surface area contributed by atoms with Gasteiger partial charge < -0.3 is 15.5 Å². The molecule has 1 saturated heterocycles. The number of amides is 3. The number of halogens is 1. The van der Waals surface area contributed by atoms with E-state index in [0.29, 0.717) is 22.6 Å². The van der Waals surface area contributed by atoms with Gasteiger partial charge in [-0.05, 0) is 42.5 Å². The summed E-state index contributed by atoms with van der Waals surface area (Å²) in [5.74, 6) is -1.11. The van der Waals surface area contributed by atoms with Gasteiger partial charge in [0.15, 0.2) is 0 Å². The minimum Gasteiger partial charge on any atom is -0.326 e. The van der Waals surface area contributed by atoms with E-state index in [4.69, 9.17) is 16.9 Å². The number of benzene rings is 2. The third kappa shape index (κ3) is 4.30. The van der Waals surface area contributed by atoms with E-state index in [0.717, 1.165) is 0 Å². The van der Waals surface area contributed by atoms with Crippen molar-refractivity contribution in [1.29, 1.82) is 5.26 Å². The van der Waals surface area contributed by atoms with Crippen LogP contribution in [-0.4, -0.2) is 24.3 Å². The summed E-state index contributed by atoms with van der Waals surface area (Å²) >= 11 is 5.98. The molecule has 3 rings (SSSR count). The quantitative estimate of drug-likeness (QED) is 0.828. The van der Waals surface area contributed by atoms with E-state index in [1.165, 1.54) is 19.1 Å². The Balaban J connectivity index is 1.66. The maximum atomic E-state index is 12.5. The normalized spacial score (nSPS) is 15.8. The van der Waals surface area contributed by atoms with Gasteiger partial charge >= 0.3 is 0 Å². The minimum absolute atomic E-state index is 0.100. The van der Waals surface area contributed by atoms with E-state index in [9.17, 15) is 14.4 Å². The third-order valence-corrected chi connectivity index (χ3v) is 4.66. The van der Waals surface area contributed by atoms with Crippen molar-refractivity contribution in [2.75, 3.05) is 22.1 Å². The number of nitrogens with zero attached hydrogens (tertiary/aromatic N) is 2. The highest BCUT2D eigenvalue weighted by Crippen LogP contribution is 2.28. The minimum atomic E-state index is -0.503. The molecule has 1 heterocycles. The van der Waals surface area contributed by atoms with E-state index in [1.54, 1.807) is 35.2 Å². The third-order valence-electron chi connectivity index (χ3n) is 4.35. The molecule has 28 heavy (non-hydrogen) atoms. The highest BCUT2D eigenvalue weighted by atomic mass is 35.5. The van der Waals surface area contributed by atoms with Crippen LogP contribution in [0.15, 0.2) is 42.5 Å². The van der Waals surface area contributed by atoms with Crippen LogP contribution in [0.1, 0.15) is 18.9 Å². The van der Waals surface area contributed by atoms with Crippen molar-refractivity contribution in [2.45, 2.75) is 13.3 Å². The molecule has 2 aromatic carbocycles. The summed E-state index contributed by atoms with van der Waals surface area (Å²) in [6.45, 7) is 1.68. The molecule has 2 N–H and O–H groups in total. The highest BCUT2D eigenvalue weighted by molar-refractivity contribution is 6.32. The predicted molar refractivity (Wildman–Crippen MR) is 106 cm³/mol. The van der Waals surface area contributed by atoms with Crippen molar-refractivity contribution in [3.8, 4) is 6.07 Å². The van der Waals surface area contributed by atoms with Gasteiger partial charge in [0.1, 0.15) is 6.07 Å². The van der Waals surface area contributed by atoms with Gasteiger partial charge in [0.2, 0.25) is 17.7 Å². The number of anilines is 3. The standard InChI is InChI=1S/C20H17ClN4O3/c1-12(26)23-15-4-6-17(7-5-15)25-11-14(8-19(25)27)20(28)24-16-3-2-13(10-22)18(21)9-16/h2-7,9,14H,8,11H2,1H3,(H,23,26)(H,24,28). The second-order valence-electron chi connectivity index (χ2n) is 6.43. The SMILES string of the molecule is CC(=O)Nc1ccc(N2CC(C(=O)Nc3ccc(C#N)c(Cl)c3)CC2=O)cc1. The van der Waals surface area contributed by atoms with E-state index >= 15 is 0 Å². The summed E-state index contributed by atoms with van der Waals surface area (Å²) in [4.78, 5) is 37.5. The number of carbonyl (C=O) groups excluding carboxylic acids is 3. The molecule has 3 amide bonds. The van der Waals surface area contributed by atoms with Gasteiger partial charge in [-0.1, -0.05) is 11.6 Å². The van der Waals surface area contributed by atoms with E-state index < -0.39 is 5.92 Å². The number of hydrogen-bond acceptors (Lipinski definition) is 4. The molecule has 7 nitrogen and oxygen atoms in total. The number of hydrogen-bond donors (Lipinski definition) is 2. The summed E-state index contributed by atoms with van der Waals surface area (Å²) in [5.41, 5.74) is 2.09. The number of rotatable bonds is 4. The first kappa shape index (κ1) is 19.4. The average Bonchev–Trinajstić information content (AvgIpc) is 3.04. The topological polar surface area (TPSA) is 102 Å². The monoisotopic (exact) mass is 396 g/mol. The highest BCUT2D eigenvalue weighted by Gasteiger charge is 2.35. The molecule has 1 fully saturated rings. The fraction of sp³-hybridized carbons (Fsp3) is 0.200. The zero-order chi connectivity index (χ0) is 20.3. The van der Waals surface area contributed by atoms with Crippen LogP contribution in [0, 0.1) is 17.2 Å². The van der Waals surface area contributed by atoms with Crippen molar-refractivity contribution in [1.82, 2.24) is 0 Å². The molecule has 142 valence electrons. The first-order valence-electron chi connectivity index (χ1n) is 8.56. The first-order chi connectivity index (χ1) is 13.4. The van der Waals surface area contributed by atoms with Gasteiger partial charge in [0.05, 0.1) is 16.5 Å². The molecule has 8 heteroatoms. The Morgan fingerprint density at radius 3 is 2.43 bits per heavy atom. The predicted octanol–water partition coefficient (Wildman–Crippen LogP) is 3.16. The van der Waals surface area contributed by atoms with Crippen LogP contribution < -0.4 is 15.5 Å². The Morgan fingerprint density at radius 1 is 1.14 bits per heavy atom. The zero-order valence-corrected chi connectivity index (χ0v) is 15.8. The lowest BCUT2D eigenvalue weighted by atomic mass is 10.1. The van der Waals surface area contributed by atoms with Crippen LogP contribution >= 0.6 is 11.6 Å². The molecule has 0 bridgehead atoms. The number of nitrogens with one attached hydrogen (secondary N) is 2. The molecule has 1 aliphatic heterocycles. The summed E-state index contributed by atoms with van der Waals surface area (Å²) in [6, 6.07) is 13.4. The van der Waals surface area contributed by atoms with E-state index in [-0.39, 0.29) is 35.7 Å². The molecule has 0 spiro atoms. The van der Waals surface area contributed by atoms with Crippen LogP contribution in [0.5, 0.6) is 0 Å². The van der Waals surface area contributed by atoms with Crippen LogP contribution in [0.3, 0.4) is 0 Å². The zero-order valence-electron chi connectivity index (χ0n) is 15.0. The van der Waals surface area contributed by atoms with Crippen LogP contribution in [0.4, 0.5) is 17.1 Å².